The minimum absolute atomic E-state index is 0.121. The molecule has 0 aliphatic heterocycles. The van der Waals surface area contributed by atoms with E-state index in [0.717, 1.165) is 15.8 Å². The first-order valence-corrected chi connectivity index (χ1v) is 10.3. The van der Waals surface area contributed by atoms with Gasteiger partial charge in [0.25, 0.3) is 11.5 Å². The Hall–Kier alpha value is -3.23. The molecule has 0 spiro atoms. The Labute approximate surface area is 176 Å². The number of amides is 1. The summed E-state index contributed by atoms with van der Waals surface area (Å²) in [4.78, 5) is 29.4. The first-order valence-electron chi connectivity index (χ1n) is 9.46. The summed E-state index contributed by atoms with van der Waals surface area (Å²) in [6, 6.07) is 13.0. The first kappa shape index (κ1) is 20.1. The van der Waals surface area contributed by atoms with E-state index in [0.29, 0.717) is 34.8 Å². The van der Waals surface area contributed by atoms with Gasteiger partial charge < -0.3 is 14.0 Å². The van der Waals surface area contributed by atoms with Gasteiger partial charge in [-0.3, -0.25) is 14.9 Å². The number of benzene rings is 2. The summed E-state index contributed by atoms with van der Waals surface area (Å²) in [6.07, 6.45) is 1.71. The Bertz CT molecular complexity index is 1280. The van der Waals surface area contributed by atoms with Gasteiger partial charge in [0.15, 0.2) is 11.7 Å². The average Bonchev–Trinajstić information content (AvgIpc) is 3.13. The molecular formula is C22H21N3O4S. The molecule has 7 nitrogen and oxygen atoms in total. The van der Waals surface area contributed by atoms with Crippen molar-refractivity contribution >= 4 is 43.4 Å². The van der Waals surface area contributed by atoms with E-state index >= 15 is 0 Å². The molecule has 0 bridgehead atoms. The number of nitrogens with zero attached hydrogens (tertiary/aromatic N) is 2. The van der Waals surface area contributed by atoms with Crippen LogP contribution in [0.3, 0.4) is 0 Å². The first-order chi connectivity index (χ1) is 14.5. The zero-order valence-electron chi connectivity index (χ0n) is 16.7. The molecule has 2 heterocycles. The second kappa shape index (κ2) is 8.64. The third kappa shape index (κ3) is 4.19. The van der Waals surface area contributed by atoms with Crippen LogP contribution in [0.4, 0.5) is 5.13 Å². The van der Waals surface area contributed by atoms with E-state index in [1.165, 1.54) is 11.3 Å². The van der Waals surface area contributed by atoms with E-state index in [4.69, 9.17) is 9.47 Å². The molecule has 4 aromatic rings. The summed E-state index contributed by atoms with van der Waals surface area (Å²) in [6.45, 7) is 2.76. The van der Waals surface area contributed by atoms with Crippen molar-refractivity contribution in [1.29, 1.82) is 0 Å². The van der Waals surface area contributed by atoms with Gasteiger partial charge in [0.2, 0.25) is 0 Å². The molecule has 0 radical (unpaired) electrons. The molecule has 1 N–H and O–H groups in total. The monoisotopic (exact) mass is 423 g/mol. The van der Waals surface area contributed by atoms with Crippen LogP contribution in [0, 0.1) is 6.92 Å². The van der Waals surface area contributed by atoms with Crippen molar-refractivity contribution in [2.45, 2.75) is 13.5 Å². The third-order valence-electron chi connectivity index (χ3n) is 4.66. The largest absolute Gasteiger partial charge is 0.483 e. The van der Waals surface area contributed by atoms with Gasteiger partial charge in [-0.05, 0) is 42.8 Å². The van der Waals surface area contributed by atoms with Crippen molar-refractivity contribution in [2.24, 2.45) is 0 Å². The highest BCUT2D eigenvalue weighted by Gasteiger charge is 2.11. The van der Waals surface area contributed by atoms with Gasteiger partial charge in [-0.1, -0.05) is 23.5 Å². The van der Waals surface area contributed by atoms with Crippen molar-refractivity contribution in [3.8, 4) is 5.75 Å². The molecular weight excluding hydrogens is 402 g/mol. The number of anilines is 1. The molecule has 4 rings (SSSR count). The van der Waals surface area contributed by atoms with Crippen LogP contribution in [0.15, 0.2) is 53.5 Å². The number of carbonyl (C=O) groups is 1. The number of hydrogen-bond acceptors (Lipinski definition) is 6. The van der Waals surface area contributed by atoms with Gasteiger partial charge in [0.1, 0.15) is 5.75 Å². The van der Waals surface area contributed by atoms with E-state index in [2.05, 4.69) is 10.3 Å². The van der Waals surface area contributed by atoms with Crippen LogP contribution in [-0.4, -0.2) is 35.8 Å². The Morgan fingerprint density at radius 1 is 1.20 bits per heavy atom. The SMILES string of the molecule is COCCn1ccc2c(OCC(=O)Nc3nc4ccc(C)cc4s3)cccc2c1=O. The molecule has 0 saturated heterocycles. The zero-order valence-corrected chi connectivity index (χ0v) is 17.5. The molecule has 2 aromatic heterocycles. The number of rotatable bonds is 7. The number of methoxy groups -OCH3 is 1. The van der Waals surface area contributed by atoms with Crippen molar-refractivity contribution in [1.82, 2.24) is 9.55 Å². The molecule has 1 amide bonds. The van der Waals surface area contributed by atoms with E-state index < -0.39 is 0 Å². The van der Waals surface area contributed by atoms with Crippen molar-refractivity contribution in [2.75, 3.05) is 25.6 Å². The van der Waals surface area contributed by atoms with Gasteiger partial charge in [-0.25, -0.2) is 4.98 Å². The summed E-state index contributed by atoms with van der Waals surface area (Å²) in [7, 11) is 1.60. The van der Waals surface area contributed by atoms with Crippen molar-refractivity contribution < 1.29 is 14.3 Å². The van der Waals surface area contributed by atoms with Crippen LogP contribution >= 0.6 is 11.3 Å². The second-order valence-corrected chi connectivity index (χ2v) is 7.88. The van der Waals surface area contributed by atoms with E-state index in [1.54, 1.807) is 36.1 Å². The summed E-state index contributed by atoms with van der Waals surface area (Å²) >= 11 is 1.42. The molecule has 30 heavy (non-hydrogen) atoms. The normalized spacial score (nSPS) is 11.1. The third-order valence-corrected chi connectivity index (χ3v) is 5.60. The van der Waals surface area contributed by atoms with Gasteiger partial charge in [0, 0.05) is 25.2 Å². The number of hydrogen-bond donors (Lipinski definition) is 1. The predicted octanol–water partition coefficient (Wildman–Crippen LogP) is 3.58. The molecule has 0 aliphatic rings. The lowest BCUT2D eigenvalue weighted by molar-refractivity contribution is -0.118. The van der Waals surface area contributed by atoms with E-state index in [1.807, 2.05) is 31.2 Å². The lowest BCUT2D eigenvalue weighted by Gasteiger charge is -2.11. The molecule has 154 valence electrons. The average molecular weight is 423 g/mol. The minimum atomic E-state index is -0.309. The van der Waals surface area contributed by atoms with E-state index in [-0.39, 0.29) is 18.1 Å². The highest BCUT2D eigenvalue weighted by Crippen LogP contribution is 2.27. The number of ether oxygens (including phenoxy) is 2. The molecule has 0 fully saturated rings. The fraction of sp³-hybridized carbons (Fsp3) is 0.227. The molecule has 0 saturated carbocycles. The Balaban J connectivity index is 1.47. The van der Waals surface area contributed by atoms with Crippen molar-refractivity contribution in [3.05, 3.63) is 64.6 Å². The van der Waals surface area contributed by atoms with Crippen LogP contribution in [0.1, 0.15) is 5.56 Å². The number of fused-ring (bicyclic) bond motifs is 2. The summed E-state index contributed by atoms with van der Waals surface area (Å²) in [5.41, 5.74) is 1.87. The Kier molecular flexibility index (Phi) is 5.78. The lowest BCUT2D eigenvalue weighted by Crippen LogP contribution is -2.22. The van der Waals surface area contributed by atoms with Crippen LogP contribution in [0.25, 0.3) is 21.0 Å². The Morgan fingerprint density at radius 2 is 2.07 bits per heavy atom. The minimum Gasteiger partial charge on any atom is -0.483 e. The maximum atomic E-state index is 12.6. The molecule has 0 aliphatic carbocycles. The van der Waals surface area contributed by atoms with Crippen molar-refractivity contribution in [3.63, 3.8) is 0 Å². The number of carbonyl (C=O) groups excluding carboxylic acids is 1. The quantitative estimate of drug-likeness (QED) is 0.491. The number of aryl methyl sites for hydroxylation is 1. The van der Waals surface area contributed by atoms with E-state index in [9.17, 15) is 9.59 Å². The zero-order chi connectivity index (χ0) is 21.1. The summed E-state index contributed by atoms with van der Waals surface area (Å²) < 4.78 is 13.4. The fourth-order valence-electron chi connectivity index (χ4n) is 3.16. The molecule has 0 atom stereocenters. The van der Waals surface area contributed by atoms with Crippen LogP contribution in [-0.2, 0) is 16.1 Å². The molecule has 8 heteroatoms. The van der Waals surface area contributed by atoms with Gasteiger partial charge in [-0.15, -0.1) is 0 Å². The predicted molar refractivity (Wildman–Crippen MR) is 119 cm³/mol. The van der Waals surface area contributed by atoms with Gasteiger partial charge >= 0.3 is 0 Å². The second-order valence-electron chi connectivity index (χ2n) is 6.85. The van der Waals surface area contributed by atoms with Crippen LogP contribution < -0.4 is 15.6 Å². The molecule has 2 aromatic carbocycles. The number of pyridine rings is 1. The van der Waals surface area contributed by atoms with Crippen LogP contribution in [0.2, 0.25) is 0 Å². The maximum absolute atomic E-state index is 12.6. The number of aromatic nitrogens is 2. The standard InChI is InChI=1S/C22H21N3O4S/c1-14-6-7-17-19(12-14)30-22(23-17)24-20(26)13-29-18-5-3-4-16-15(18)8-9-25(21(16)27)10-11-28-2/h3-9,12H,10-11,13H2,1-2H3,(H,23,24,26). The molecule has 0 unspecified atom stereocenters. The highest BCUT2D eigenvalue weighted by atomic mass is 32.1. The highest BCUT2D eigenvalue weighted by molar-refractivity contribution is 7.22. The lowest BCUT2D eigenvalue weighted by atomic mass is 10.1. The topological polar surface area (TPSA) is 82.4 Å². The van der Waals surface area contributed by atoms with Gasteiger partial charge in [0.05, 0.1) is 22.2 Å². The summed E-state index contributed by atoms with van der Waals surface area (Å²) in [5.74, 6) is 0.176. The maximum Gasteiger partial charge on any atom is 0.264 e. The smallest absolute Gasteiger partial charge is 0.264 e. The summed E-state index contributed by atoms with van der Waals surface area (Å²) in [5, 5.41) is 4.51. The van der Waals surface area contributed by atoms with Crippen LogP contribution in [0.5, 0.6) is 5.75 Å². The Morgan fingerprint density at radius 3 is 2.90 bits per heavy atom. The number of thiazole rings is 1. The number of nitrogens with one attached hydrogen (secondary N) is 1. The fourth-order valence-corrected chi connectivity index (χ4v) is 4.15. The van der Waals surface area contributed by atoms with Gasteiger partial charge in [-0.2, -0.15) is 0 Å².